The summed E-state index contributed by atoms with van der Waals surface area (Å²) in [6.45, 7) is 0. The minimum Gasteiger partial charge on any atom is -0.366 e. The summed E-state index contributed by atoms with van der Waals surface area (Å²) in [5.74, 6) is 0.765. The predicted octanol–water partition coefficient (Wildman–Crippen LogP) is 1.43. The van der Waals surface area contributed by atoms with Gasteiger partial charge in [0.05, 0.1) is 5.69 Å². The zero-order valence-electron chi connectivity index (χ0n) is 7.66. The molecule has 0 bridgehead atoms. The lowest BCUT2D eigenvalue weighted by Gasteiger charge is -1.99. The quantitative estimate of drug-likeness (QED) is 0.669. The van der Waals surface area contributed by atoms with Gasteiger partial charge in [-0.3, -0.25) is 0 Å². The third kappa shape index (κ3) is 1.26. The zero-order chi connectivity index (χ0) is 10.3. The maximum Gasteiger partial charge on any atom is 0.254 e. The SMILES string of the molecule is Nc1nc2nccc(-c3ccsc3)n2n1. The van der Waals surface area contributed by atoms with Gasteiger partial charge in [0, 0.05) is 17.1 Å². The van der Waals surface area contributed by atoms with Crippen LogP contribution in [0.1, 0.15) is 0 Å². The molecule has 0 aliphatic rings. The second-order valence-corrected chi connectivity index (χ2v) is 3.80. The fraction of sp³-hybridized carbons (Fsp3) is 0. The van der Waals surface area contributed by atoms with Gasteiger partial charge in [0.25, 0.3) is 5.78 Å². The van der Waals surface area contributed by atoms with E-state index in [-0.39, 0.29) is 5.95 Å². The summed E-state index contributed by atoms with van der Waals surface area (Å²) in [6.07, 6.45) is 1.70. The number of nitrogen functional groups attached to an aromatic ring is 1. The minimum atomic E-state index is 0.241. The van der Waals surface area contributed by atoms with Crippen LogP contribution >= 0.6 is 11.3 Å². The number of nitrogens with zero attached hydrogens (tertiary/aromatic N) is 4. The van der Waals surface area contributed by atoms with Crippen molar-refractivity contribution in [2.45, 2.75) is 0 Å². The van der Waals surface area contributed by atoms with Crippen LogP contribution in [0.15, 0.2) is 29.1 Å². The van der Waals surface area contributed by atoms with Crippen molar-refractivity contribution in [2.24, 2.45) is 0 Å². The second-order valence-electron chi connectivity index (χ2n) is 3.02. The summed E-state index contributed by atoms with van der Waals surface area (Å²) < 4.78 is 1.65. The monoisotopic (exact) mass is 217 g/mol. The fourth-order valence-corrected chi connectivity index (χ4v) is 2.09. The number of hydrogen-bond donors (Lipinski definition) is 1. The van der Waals surface area contributed by atoms with Crippen molar-refractivity contribution in [2.75, 3.05) is 5.73 Å². The van der Waals surface area contributed by atoms with E-state index in [2.05, 4.69) is 15.1 Å². The Morgan fingerprint density at radius 1 is 1.33 bits per heavy atom. The Balaban J connectivity index is 2.35. The van der Waals surface area contributed by atoms with Crippen LogP contribution in [0, 0.1) is 0 Å². The number of hydrogen-bond acceptors (Lipinski definition) is 5. The normalized spacial score (nSPS) is 10.9. The van der Waals surface area contributed by atoms with Crippen LogP contribution in [0.25, 0.3) is 17.0 Å². The molecule has 74 valence electrons. The van der Waals surface area contributed by atoms with Gasteiger partial charge in [-0.25, -0.2) is 4.98 Å². The van der Waals surface area contributed by atoms with Gasteiger partial charge in [-0.15, -0.1) is 5.10 Å². The first kappa shape index (κ1) is 8.37. The maximum atomic E-state index is 5.53. The van der Waals surface area contributed by atoms with Crippen molar-refractivity contribution in [3.63, 3.8) is 0 Å². The molecule has 15 heavy (non-hydrogen) atoms. The van der Waals surface area contributed by atoms with Crippen molar-refractivity contribution in [3.05, 3.63) is 29.1 Å². The molecule has 0 unspecified atom stereocenters. The molecule has 0 aromatic carbocycles. The molecule has 3 rings (SSSR count). The number of rotatable bonds is 1. The molecule has 0 spiro atoms. The molecule has 6 heteroatoms. The lowest BCUT2D eigenvalue weighted by Crippen LogP contribution is -1.95. The smallest absolute Gasteiger partial charge is 0.254 e. The van der Waals surface area contributed by atoms with Gasteiger partial charge in [0.2, 0.25) is 5.95 Å². The Morgan fingerprint density at radius 2 is 2.27 bits per heavy atom. The van der Waals surface area contributed by atoms with Gasteiger partial charge in [0.1, 0.15) is 0 Å². The summed E-state index contributed by atoms with van der Waals surface area (Å²) in [5, 5.41) is 8.16. The first-order chi connectivity index (χ1) is 7.34. The molecule has 0 radical (unpaired) electrons. The van der Waals surface area contributed by atoms with E-state index in [0.717, 1.165) is 11.3 Å². The van der Waals surface area contributed by atoms with Gasteiger partial charge >= 0.3 is 0 Å². The predicted molar refractivity (Wildman–Crippen MR) is 58.5 cm³/mol. The zero-order valence-corrected chi connectivity index (χ0v) is 8.48. The molecule has 0 amide bonds. The molecule has 0 fully saturated rings. The van der Waals surface area contributed by atoms with E-state index in [1.54, 1.807) is 22.0 Å². The molecule has 3 heterocycles. The highest BCUT2D eigenvalue weighted by atomic mass is 32.1. The summed E-state index contributed by atoms with van der Waals surface area (Å²) in [7, 11) is 0. The summed E-state index contributed by atoms with van der Waals surface area (Å²) in [6, 6.07) is 3.92. The van der Waals surface area contributed by atoms with E-state index >= 15 is 0 Å². The highest BCUT2D eigenvalue weighted by molar-refractivity contribution is 7.08. The Morgan fingerprint density at radius 3 is 3.07 bits per heavy atom. The molecule has 2 N–H and O–H groups in total. The van der Waals surface area contributed by atoms with Gasteiger partial charge in [-0.2, -0.15) is 20.8 Å². The molecular formula is C9H7N5S. The van der Waals surface area contributed by atoms with Crippen molar-refractivity contribution in [1.82, 2.24) is 19.6 Å². The standard InChI is InChI=1S/C9H7N5S/c10-8-12-9-11-3-1-7(14(9)13-8)6-2-4-15-5-6/h1-5H,(H2,10,13). The average Bonchev–Trinajstić information content (AvgIpc) is 2.82. The molecular weight excluding hydrogens is 210 g/mol. The largest absolute Gasteiger partial charge is 0.366 e. The first-order valence-electron chi connectivity index (χ1n) is 4.34. The minimum absolute atomic E-state index is 0.241. The van der Waals surface area contributed by atoms with E-state index in [0.29, 0.717) is 5.78 Å². The molecule has 0 aliphatic heterocycles. The average molecular weight is 217 g/mol. The number of aromatic nitrogens is 4. The lowest BCUT2D eigenvalue weighted by atomic mass is 10.2. The Kier molecular flexibility index (Phi) is 1.69. The van der Waals surface area contributed by atoms with Crippen LogP contribution in [0.4, 0.5) is 5.95 Å². The van der Waals surface area contributed by atoms with Gasteiger partial charge in [-0.05, 0) is 17.5 Å². The number of thiophene rings is 1. The molecule has 0 aliphatic carbocycles. The lowest BCUT2D eigenvalue weighted by molar-refractivity contribution is 0.953. The number of anilines is 1. The van der Waals surface area contributed by atoms with Crippen LogP contribution < -0.4 is 5.73 Å². The highest BCUT2D eigenvalue weighted by Gasteiger charge is 2.07. The van der Waals surface area contributed by atoms with E-state index in [1.807, 2.05) is 22.9 Å². The van der Waals surface area contributed by atoms with Crippen LogP contribution in [0.2, 0.25) is 0 Å². The van der Waals surface area contributed by atoms with Crippen LogP contribution in [0.3, 0.4) is 0 Å². The number of fused-ring (bicyclic) bond motifs is 1. The summed E-state index contributed by atoms with van der Waals surface area (Å²) in [4.78, 5) is 8.09. The Hall–Kier alpha value is -1.95. The van der Waals surface area contributed by atoms with E-state index in [4.69, 9.17) is 5.73 Å². The Labute approximate surface area is 89.2 Å². The van der Waals surface area contributed by atoms with Crippen molar-refractivity contribution in [3.8, 4) is 11.3 Å². The van der Waals surface area contributed by atoms with E-state index < -0.39 is 0 Å². The van der Waals surface area contributed by atoms with Crippen molar-refractivity contribution < 1.29 is 0 Å². The van der Waals surface area contributed by atoms with Gasteiger partial charge < -0.3 is 5.73 Å². The van der Waals surface area contributed by atoms with E-state index in [1.165, 1.54) is 0 Å². The van der Waals surface area contributed by atoms with E-state index in [9.17, 15) is 0 Å². The molecule has 3 aromatic rings. The molecule has 3 aromatic heterocycles. The molecule has 5 nitrogen and oxygen atoms in total. The third-order valence-corrected chi connectivity index (χ3v) is 2.76. The third-order valence-electron chi connectivity index (χ3n) is 2.07. The summed E-state index contributed by atoms with van der Waals surface area (Å²) >= 11 is 1.64. The van der Waals surface area contributed by atoms with Crippen molar-refractivity contribution in [1.29, 1.82) is 0 Å². The topological polar surface area (TPSA) is 69.1 Å². The molecule has 0 atom stereocenters. The fourth-order valence-electron chi connectivity index (χ4n) is 1.44. The molecule has 0 saturated heterocycles. The first-order valence-corrected chi connectivity index (χ1v) is 5.29. The number of nitrogens with two attached hydrogens (primary N) is 1. The highest BCUT2D eigenvalue weighted by Crippen LogP contribution is 2.21. The maximum absolute atomic E-state index is 5.53. The van der Waals surface area contributed by atoms with Crippen molar-refractivity contribution >= 4 is 23.1 Å². The van der Waals surface area contributed by atoms with Crippen LogP contribution in [0.5, 0.6) is 0 Å². The van der Waals surface area contributed by atoms with Crippen LogP contribution in [-0.4, -0.2) is 19.6 Å². The molecule has 0 saturated carbocycles. The van der Waals surface area contributed by atoms with Gasteiger partial charge in [0.15, 0.2) is 0 Å². The Bertz CT molecular complexity index is 598. The second kappa shape index (κ2) is 3.03. The van der Waals surface area contributed by atoms with Gasteiger partial charge in [-0.1, -0.05) is 0 Å². The summed E-state index contributed by atoms with van der Waals surface area (Å²) in [5.41, 5.74) is 7.58. The van der Waals surface area contributed by atoms with Crippen LogP contribution in [-0.2, 0) is 0 Å².